The van der Waals surface area contributed by atoms with Crippen molar-refractivity contribution in [1.29, 1.82) is 0 Å². The Kier molecular flexibility index (Phi) is 5.69. The van der Waals surface area contributed by atoms with Crippen LogP contribution in [0.5, 0.6) is 11.5 Å². The standard InChI is InChI=1S/C22H19NO5/c1-3-15-8-10-16(11-9-15)17-12-13-20(18(14-17)22(24)27-2)28-21-7-5-4-6-19(21)23(25)26/h4-14H,3H2,1-2H3. The van der Waals surface area contributed by atoms with Gasteiger partial charge in [-0.2, -0.15) is 0 Å². The monoisotopic (exact) mass is 377 g/mol. The van der Waals surface area contributed by atoms with E-state index in [1.807, 2.05) is 24.3 Å². The molecule has 0 atom stereocenters. The second-order valence-corrected chi connectivity index (χ2v) is 6.08. The maximum atomic E-state index is 12.3. The maximum Gasteiger partial charge on any atom is 0.341 e. The number of carbonyl (C=O) groups is 1. The van der Waals surface area contributed by atoms with Gasteiger partial charge in [-0.25, -0.2) is 4.79 Å². The Labute approximate surface area is 162 Å². The topological polar surface area (TPSA) is 78.7 Å². The number of nitrogens with zero attached hydrogens (tertiary/aromatic N) is 1. The number of para-hydroxylation sites is 2. The largest absolute Gasteiger partial charge is 0.465 e. The van der Waals surface area contributed by atoms with Gasteiger partial charge in [-0.3, -0.25) is 10.1 Å². The highest BCUT2D eigenvalue weighted by Crippen LogP contribution is 2.35. The Morgan fingerprint density at radius 1 is 0.964 bits per heavy atom. The number of methoxy groups -OCH3 is 1. The van der Waals surface area contributed by atoms with E-state index in [2.05, 4.69) is 6.92 Å². The molecule has 0 heterocycles. The first-order chi connectivity index (χ1) is 13.5. The van der Waals surface area contributed by atoms with E-state index in [9.17, 15) is 14.9 Å². The zero-order valence-corrected chi connectivity index (χ0v) is 15.5. The first kappa shape index (κ1) is 19.1. The minimum Gasteiger partial charge on any atom is -0.465 e. The van der Waals surface area contributed by atoms with Gasteiger partial charge in [-0.1, -0.05) is 49.4 Å². The third-order valence-electron chi connectivity index (χ3n) is 4.36. The predicted molar refractivity (Wildman–Crippen MR) is 106 cm³/mol. The van der Waals surface area contributed by atoms with Crippen LogP contribution in [-0.4, -0.2) is 18.0 Å². The minimum atomic E-state index is -0.583. The van der Waals surface area contributed by atoms with Gasteiger partial charge in [-0.15, -0.1) is 0 Å². The molecule has 0 unspecified atom stereocenters. The number of aryl methyl sites for hydroxylation is 1. The van der Waals surface area contributed by atoms with Gasteiger partial charge in [0.2, 0.25) is 5.75 Å². The van der Waals surface area contributed by atoms with E-state index in [1.165, 1.54) is 24.8 Å². The van der Waals surface area contributed by atoms with Crippen LogP contribution in [0.2, 0.25) is 0 Å². The van der Waals surface area contributed by atoms with Crippen LogP contribution in [0, 0.1) is 10.1 Å². The maximum absolute atomic E-state index is 12.3. The average molecular weight is 377 g/mol. The fourth-order valence-corrected chi connectivity index (χ4v) is 2.81. The van der Waals surface area contributed by atoms with E-state index < -0.39 is 10.9 Å². The van der Waals surface area contributed by atoms with Crippen LogP contribution >= 0.6 is 0 Å². The Bertz CT molecular complexity index is 1010. The van der Waals surface area contributed by atoms with Gasteiger partial charge < -0.3 is 9.47 Å². The van der Waals surface area contributed by atoms with E-state index in [1.54, 1.807) is 30.3 Å². The highest BCUT2D eigenvalue weighted by Gasteiger charge is 2.20. The highest BCUT2D eigenvalue weighted by molar-refractivity contribution is 5.94. The van der Waals surface area contributed by atoms with Crippen LogP contribution in [0.25, 0.3) is 11.1 Å². The summed E-state index contributed by atoms with van der Waals surface area (Å²) in [4.78, 5) is 23.0. The van der Waals surface area contributed by atoms with E-state index in [4.69, 9.17) is 9.47 Å². The zero-order valence-electron chi connectivity index (χ0n) is 15.5. The molecule has 0 fully saturated rings. The fourth-order valence-electron chi connectivity index (χ4n) is 2.81. The van der Waals surface area contributed by atoms with E-state index >= 15 is 0 Å². The molecule has 0 aliphatic rings. The van der Waals surface area contributed by atoms with Crippen molar-refractivity contribution < 1.29 is 19.2 Å². The summed E-state index contributed by atoms with van der Waals surface area (Å²) in [6, 6.07) is 19.1. The second kappa shape index (κ2) is 8.35. The smallest absolute Gasteiger partial charge is 0.341 e. The summed E-state index contributed by atoms with van der Waals surface area (Å²) >= 11 is 0. The molecular weight excluding hydrogens is 358 g/mol. The third kappa shape index (κ3) is 4.01. The number of ether oxygens (including phenoxy) is 2. The Hall–Kier alpha value is -3.67. The van der Waals surface area contributed by atoms with Crippen LogP contribution in [0.1, 0.15) is 22.8 Å². The van der Waals surface area contributed by atoms with Gasteiger partial charge in [0.15, 0.2) is 0 Å². The van der Waals surface area contributed by atoms with Crippen LogP contribution < -0.4 is 4.74 Å². The van der Waals surface area contributed by atoms with Crippen molar-refractivity contribution >= 4 is 11.7 Å². The molecule has 142 valence electrons. The summed E-state index contributed by atoms with van der Waals surface area (Å²) in [7, 11) is 1.28. The fraction of sp³-hybridized carbons (Fsp3) is 0.136. The molecule has 0 saturated heterocycles. The quantitative estimate of drug-likeness (QED) is 0.326. The van der Waals surface area contributed by atoms with Gasteiger partial charge in [0, 0.05) is 6.07 Å². The van der Waals surface area contributed by atoms with Crippen molar-refractivity contribution in [2.24, 2.45) is 0 Å². The Morgan fingerprint density at radius 2 is 1.64 bits per heavy atom. The summed E-state index contributed by atoms with van der Waals surface area (Å²) in [5, 5.41) is 11.2. The lowest BCUT2D eigenvalue weighted by Gasteiger charge is -2.12. The molecular formula is C22H19NO5. The molecule has 0 aliphatic carbocycles. The molecule has 3 aromatic carbocycles. The summed E-state index contributed by atoms with van der Waals surface area (Å²) in [5.74, 6) is -0.339. The SMILES string of the molecule is CCc1ccc(-c2ccc(Oc3ccccc3[N+](=O)[O-])c(C(=O)OC)c2)cc1. The van der Waals surface area contributed by atoms with Crippen molar-refractivity contribution in [3.8, 4) is 22.6 Å². The van der Waals surface area contributed by atoms with Gasteiger partial charge >= 0.3 is 11.7 Å². The number of nitro benzene ring substituents is 1. The number of hydrogen-bond donors (Lipinski definition) is 0. The van der Waals surface area contributed by atoms with Crippen molar-refractivity contribution in [2.75, 3.05) is 7.11 Å². The summed E-state index contributed by atoms with van der Waals surface area (Å²) in [6.07, 6.45) is 0.941. The number of hydrogen-bond acceptors (Lipinski definition) is 5. The lowest BCUT2D eigenvalue weighted by molar-refractivity contribution is -0.385. The second-order valence-electron chi connectivity index (χ2n) is 6.08. The molecule has 0 radical (unpaired) electrons. The number of nitro groups is 1. The molecule has 28 heavy (non-hydrogen) atoms. The Morgan fingerprint density at radius 3 is 2.29 bits per heavy atom. The molecule has 0 bridgehead atoms. The zero-order chi connectivity index (χ0) is 20.1. The van der Waals surface area contributed by atoms with Crippen LogP contribution in [0.15, 0.2) is 66.7 Å². The number of rotatable bonds is 6. The van der Waals surface area contributed by atoms with Crippen LogP contribution in [-0.2, 0) is 11.2 Å². The molecule has 6 heteroatoms. The molecule has 0 spiro atoms. The normalized spacial score (nSPS) is 10.4. The molecule has 0 amide bonds. The summed E-state index contributed by atoms with van der Waals surface area (Å²) in [5.41, 5.74) is 2.99. The van der Waals surface area contributed by atoms with Crippen molar-refractivity contribution in [3.05, 3.63) is 88.0 Å². The summed E-state index contributed by atoms with van der Waals surface area (Å²) in [6.45, 7) is 2.08. The van der Waals surface area contributed by atoms with Gasteiger partial charge in [-0.05, 0) is 41.3 Å². The van der Waals surface area contributed by atoms with E-state index in [-0.39, 0.29) is 22.7 Å². The Balaban J connectivity index is 2.02. The van der Waals surface area contributed by atoms with Crippen molar-refractivity contribution in [3.63, 3.8) is 0 Å². The summed E-state index contributed by atoms with van der Waals surface area (Å²) < 4.78 is 10.6. The molecule has 3 aromatic rings. The van der Waals surface area contributed by atoms with Crippen LogP contribution in [0.3, 0.4) is 0 Å². The molecule has 0 N–H and O–H groups in total. The number of benzene rings is 3. The lowest BCUT2D eigenvalue weighted by atomic mass is 10.0. The third-order valence-corrected chi connectivity index (χ3v) is 4.36. The van der Waals surface area contributed by atoms with E-state index in [0.717, 1.165) is 17.5 Å². The first-order valence-corrected chi connectivity index (χ1v) is 8.76. The molecule has 6 nitrogen and oxygen atoms in total. The van der Waals surface area contributed by atoms with Crippen LogP contribution in [0.4, 0.5) is 5.69 Å². The van der Waals surface area contributed by atoms with Crippen molar-refractivity contribution in [1.82, 2.24) is 0 Å². The predicted octanol–water partition coefficient (Wildman–Crippen LogP) is 5.40. The molecule has 3 rings (SSSR count). The van der Waals surface area contributed by atoms with Gasteiger partial charge in [0.05, 0.1) is 12.0 Å². The van der Waals surface area contributed by atoms with Gasteiger partial charge in [0.25, 0.3) is 0 Å². The number of carbonyl (C=O) groups excluding carboxylic acids is 1. The molecule has 0 aromatic heterocycles. The number of esters is 1. The van der Waals surface area contributed by atoms with Gasteiger partial charge in [0.1, 0.15) is 11.3 Å². The average Bonchev–Trinajstić information content (AvgIpc) is 2.73. The van der Waals surface area contributed by atoms with E-state index in [0.29, 0.717) is 0 Å². The highest BCUT2D eigenvalue weighted by atomic mass is 16.6. The minimum absolute atomic E-state index is 0.0534. The van der Waals surface area contributed by atoms with Crippen molar-refractivity contribution in [2.45, 2.75) is 13.3 Å². The molecule has 0 aliphatic heterocycles. The first-order valence-electron chi connectivity index (χ1n) is 8.76. The molecule has 0 saturated carbocycles. The lowest BCUT2D eigenvalue weighted by Crippen LogP contribution is -2.04.